The minimum atomic E-state index is 0.452. The molecule has 0 spiro atoms. The Labute approximate surface area is 136 Å². The van der Waals surface area contributed by atoms with Crippen molar-refractivity contribution in [1.29, 1.82) is 0 Å². The summed E-state index contributed by atoms with van der Waals surface area (Å²) in [5.74, 6) is 1.84. The molecule has 7 heteroatoms. The van der Waals surface area contributed by atoms with Gasteiger partial charge in [-0.15, -0.1) is 0 Å². The molecule has 0 bridgehead atoms. The van der Waals surface area contributed by atoms with Crippen LogP contribution in [0.2, 0.25) is 0 Å². The van der Waals surface area contributed by atoms with Gasteiger partial charge in [-0.2, -0.15) is 0 Å². The summed E-state index contributed by atoms with van der Waals surface area (Å²) >= 11 is 0. The summed E-state index contributed by atoms with van der Waals surface area (Å²) in [5.41, 5.74) is 1.92. The van der Waals surface area contributed by atoms with Crippen LogP contribution in [0.1, 0.15) is 24.2 Å². The summed E-state index contributed by atoms with van der Waals surface area (Å²) in [6.45, 7) is 4.64. The fourth-order valence-electron chi connectivity index (χ4n) is 2.87. The highest BCUT2D eigenvalue weighted by Gasteiger charge is 2.25. The summed E-state index contributed by atoms with van der Waals surface area (Å²) in [7, 11) is 1.87. The fourth-order valence-corrected chi connectivity index (χ4v) is 2.87. The zero-order valence-electron chi connectivity index (χ0n) is 13.7. The normalized spacial score (nSPS) is 17.5. The molecule has 122 valence electrons. The van der Waals surface area contributed by atoms with Crippen LogP contribution in [0, 0.1) is 6.92 Å². The van der Waals surface area contributed by atoms with Crippen LogP contribution in [0.5, 0.6) is 0 Å². The van der Waals surface area contributed by atoms with E-state index in [9.17, 15) is 0 Å². The van der Waals surface area contributed by atoms with Crippen molar-refractivity contribution in [3.05, 3.63) is 36.2 Å². The molecule has 0 radical (unpaired) electrons. The highest BCUT2D eigenvalue weighted by Crippen LogP contribution is 2.24. The van der Waals surface area contributed by atoms with Gasteiger partial charge in [0.25, 0.3) is 0 Å². The second-order valence-electron chi connectivity index (χ2n) is 5.78. The summed E-state index contributed by atoms with van der Waals surface area (Å²) in [4.78, 5) is 19.6. The van der Waals surface area contributed by atoms with E-state index in [-0.39, 0.29) is 0 Å². The standard InChI is InChI=1S/C16H23N7/c1-12-7-20-13(9-19-12)8-18-10-14-4-3-5-23(14)16-6-15(17-2)21-11-22-16/h6-7,9,11,14,18H,3-5,8,10H2,1-2H3,(H,17,21,22)/t14-/m0/s1. The van der Waals surface area contributed by atoms with Gasteiger partial charge in [-0.3, -0.25) is 9.97 Å². The molecule has 0 unspecified atom stereocenters. The number of aromatic nitrogens is 4. The maximum Gasteiger partial charge on any atom is 0.134 e. The lowest BCUT2D eigenvalue weighted by Gasteiger charge is -2.26. The van der Waals surface area contributed by atoms with E-state index in [1.807, 2.05) is 26.2 Å². The quantitative estimate of drug-likeness (QED) is 0.834. The molecular formula is C16H23N7. The van der Waals surface area contributed by atoms with Gasteiger partial charge in [0.05, 0.1) is 11.4 Å². The topological polar surface area (TPSA) is 78.9 Å². The first-order valence-corrected chi connectivity index (χ1v) is 8.01. The lowest BCUT2D eigenvalue weighted by molar-refractivity contribution is 0.565. The van der Waals surface area contributed by atoms with Gasteiger partial charge in [0.1, 0.15) is 18.0 Å². The first-order valence-electron chi connectivity index (χ1n) is 8.01. The van der Waals surface area contributed by atoms with E-state index in [2.05, 4.69) is 35.5 Å². The lowest BCUT2D eigenvalue weighted by Crippen LogP contribution is -2.38. The molecule has 0 aliphatic carbocycles. The molecular weight excluding hydrogens is 290 g/mol. The van der Waals surface area contributed by atoms with Crippen molar-refractivity contribution in [3.8, 4) is 0 Å². The van der Waals surface area contributed by atoms with Crippen molar-refractivity contribution in [2.75, 3.05) is 30.4 Å². The molecule has 0 saturated carbocycles. The minimum absolute atomic E-state index is 0.452. The molecule has 0 amide bonds. The Morgan fingerprint density at radius 1 is 1.22 bits per heavy atom. The Hall–Kier alpha value is -2.28. The number of aryl methyl sites for hydroxylation is 1. The highest BCUT2D eigenvalue weighted by molar-refractivity contribution is 5.49. The molecule has 2 N–H and O–H groups in total. The third-order valence-corrected chi connectivity index (χ3v) is 4.10. The average molecular weight is 313 g/mol. The molecule has 2 aromatic heterocycles. The number of rotatable bonds is 6. The third kappa shape index (κ3) is 3.92. The molecule has 0 aromatic carbocycles. The summed E-state index contributed by atoms with van der Waals surface area (Å²) < 4.78 is 0. The predicted molar refractivity (Wildman–Crippen MR) is 90.4 cm³/mol. The van der Waals surface area contributed by atoms with Gasteiger partial charge in [0.2, 0.25) is 0 Å². The van der Waals surface area contributed by atoms with E-state index in [0.717, 1.165) is 42.7 Å². The number of nitrogens with zero attached hydrogens (tertiary/aromatic N) is 5. The zero-order chi connectivity index (χ0) is 16.1. The summed E-state index contributed by atoms with van der Waals surface area (Å²) in [6, 6.07) is 2.46. The Morgan fingerprint density at radius 3 is 2.91 bits per heavy atom. The predicted octanol–water partition coefficient (Wildman–Crippen LogP) is 1.38. The van der Waals surface area contributed by atoms with E-state index >= 15 is 0 Å². The second kappa shape index (κ2) is 7.32. The molecule has 1 fully saturated rings. The smallest absolute Gasteiger partial charge is 0.134 e. The maximum atomic E-state index is 4.42. The van der Waals surface area contributed by atoms with E-state index < -0.39 is 0 Å². The molecule has 7 nitrogen and oxygen atoms in total. The van der Waals surface area contributed by atoms with Crippen molar-refractivity contribution >= 4 is 11.6 Å². The minimum Gasteiger partial charge on any atom is -0.373 e. The van der Waals surface area contributed by atoms with Crippen molar-refractivity contribution in [2.24, 2.45) is 0 Å². The molecule has 1 atom stereocenters. The van der Waals surface area contributed by atoms with E-state index in [4.69, 9.17) is 0 Å². The number of nitrogens with one attached hydrogen (secondary N) is 2. The lowest BCUT2D eigenvalue weighted by atomic mass is 10.2. The van der Waals surface area contributed by atoms with Crippen molar-refractivity contribution in [3.63, 3.8) is 0 Å². The molecule has 3 heterocycles. The number of hydrogen-bond donors (Lipinski definition) is 2. The Morgan fingerprint density at radius 2 is 2.13 bits per heavy atom. The van der Waals surface area contributed by atoms with Crippen LogP contribution in [0.3, 0.4) is 0 Å². The van der Waals surface area contributed by atoms with Crippen molar-refractivity contribution in [1.82, 2.24) is 25.3 Å². The fraction of sp³-hybridized carbons (Fsp3) is 0.500. The Bertz CT molecular complexity index is 629. The van der Waals surface area contributed by atoms with Gasteiger partial charge in [0.15, 0.2) is 0 Å². The largest absolute Gasteiger partial charge is 0.373 e. The first-order chi connectivity index (χ1) is 11.3. The SMILES string of the molecule is CNc1cc(N2CCC[C@H]2CNCc2cnc(C)cn2)ncn1. The Balaban J connectivity index is 1.57. The first kappa shape index (κ1) is 15.6. The van der Waals surface area contributed by atoms with E-state index in [0.29, 0.717) is 6.04 Å². The van der Waals surface area contributed by atoms with Crippen LogP contribution in [0.4, 0.5) is 11.6 Å². The Kier molecular flexibility index (Phi) is 4.97. The molecule has 23 heavy (non-hydrogen) atoms. The van der Waals surface area contributed by atoms with Gasteiger partial charge in [0, 0.05) is 51.2 Å². The second-order valence-corrected chi connectivity index (χ2v) is 5.78. The van der Waals surface area contributed by atoms with Crippen LogP contribution >= 0.6 is 0 Å². The van der Waals surface area contributed by atoms with Crippen LogP contribution in [-0.2, 0) is 6.54 Å². The van der Waals surface area contributed by atoms with Crippen LogP contribution in [0.15, 0.2) is 24.8 Å². The van der Waals surface area contributed by atoms with Gasteiger partial charge >= 0.3 is 0 Å². The molecule has 3 rings (SSSR count). The molecule has 1 aliphatic rings. The molecule has 1 saturated heterocycles. The summed E-state index contributed by atoms with van der Waals surface area (Å²) in [5, 5.41) is 6.55. The van der Waals surface area contributed by atoms with E-state index in [1.54, 1.807) is 12.5 Å². The van der Waals surface area contributed by atoms with Crippen molar-refractivity contribution < 1.29 is 0 Å². The van der Waals surface area contributed by atoms with Crippen LogP contribution in [0.25, 0.3) is 0 Å². The average Bonchev–Trinajstić information content (AvgIpc) is 3.05. The van der Waals surface area contributed by atoms with Crippen LogP contribution in [-0.4, -0.2) is 46.1 Å². The van der Waals surface area contributed by atoms with E-state index in [1.165, 1.54) is 12.8 Å². The van der Waals surface area contributed by atoms with Gasteiger partial charge in [-0.1, -0.05) is 0 Å². The molecule has 1 aliphatic heterocycles. The van der Waals surface area contributed by atoms with Crippen LogP contribution < -0.4 is 15.5 Å². The highest BCUT2D eigenvalue weighted by atomic mass is 15.2. The number of anilines is 2. The monoisotopic (exact) mass is 313 g/mol. The van der Waals surface area contributed by atoms with Gasteiger partial charge in [-0.25, -0.2) is 9.97 Å². The zero-order valence-corrected chi connectivity index (χ0v) is 13.7. The van der Waals surface area contributed by atoms with Gasteiger partial charge < -0.3 is 15.5 Å². The van der Waals surface area contributed by atoms with Crippen molar-refractivity contribution in [2.45, 2.75) is 32.4 Å². The van der Waals surface area contributed by atoms with Gasteiger partial charge in [-0.05, 0) is 19.8 Å². The third-order valence-electron chi connectivity index (χ3n) is 4.10. The maximum absolute atomic E-state index is 4.42. The molecule has 2 aromatic rings. The summed E-state index contributed by atoms with van der Waals surface area (Å²) in [6.07, 6.45) is 7.62. The number of hydrogen-bond acceptors (Lipinski definition) is 7.